The quantitative estimate of drug-likeness (QED) is 0.596. The van der Waals surface area contributed by atoms with Crippen LogP contribution in [0, 0.1) is 6.92 Å². The van der Waals surface area contributed by atoms with Gasteiger partial charge in [0.1, 0.15) is 11.8 Å². The third kappa shape index (κ3) is 6.82. The van der Waals surface area contributed by atoms with E-state index in [1.165, 1.54) is 17.3 Å². The second-order valence-electron chi connectivity index (χ2n) is 6.79. The Morgan fingerprint density at radius 1 is 1.07 bits per heavy atom. The minimum absolute atomic E-state index is 0.0514. The van der Waals surface area contributed by atoms with Crippen LogP contribution in [0.1, 0.15) is 31.4 Å². The molecule has 2 rings (SSSR count). The Hall–Kier alpha value is -2.47. The summed E-state index contributed by atoms with van der Waals surface area (Å²) in [5.74, 6) is 0.883. The van der Waals surface area contributed by atoms with Gasteiger partial charge in [0.25, 0.3) is 0 Å². The van der Waals surface area contributed by atoms with E-state index in [0.717, 1.165) is 16.2 Å². The van der Waals surface area contributed by atoms with Crippen molar-refractivity contribution in [2.45, 2.75) is 44.7 Å². The molecule has 0 fully saturated rings. The number of carbonyl (C=O) groups is 2. The molecule has 0 heterocycles. The molecule has 1 atom stereocenters. The van der Waals surface area contributed by atoms with Crippen LogP contribution in [-0.4, -0.2) is 42.2 Å². The number of likely N-dealkylation sites (N-methyl/N-ethyl adjacent to an activating group) is 1. The Labute approximate surface area is 177 Å². The summed E-state index contributed by atoms with van der Waals surface area (Å²) in [6, 6.07) is 15.2. The molecule has 2 amide bonds. The molecule has 0 aliphatic rings. The maximum atomic E-state index is 13.1. The van der Waals surface area contributed by atoms with Crippen LogP contribution >= 0.6 is 11.8 Å². The predicted molar refractivity (Wildman–Crippen MR) is 118 cm³/mol. The van der Waals surface area contributed by atoms with Gasteiger partial charge in [0.05, 0.1) is 12.9 Å². The molecule has 6 heteroatoms. The van der Waals surface area contributed by atoms with Gasteiger partial charge < -0.3 is 15.0 Å². The molecule has 2 aromatic carbocycles. The highest BCUT2D eigenvalue weighted by molar-refractivity contribution is 8.00. The first kappa shape index (κ1) is 22.8. The fraction of sp³-hybridized carbons (Fsp3) is 0.391. The smallest absolute Gasteiger partial charge is 0.242 e. The van der Waals surface area contributed by atoms with Crippen LogP contribution in [0.3, 0.4) is 0 Å². The van der Waals surface area contributed by atoms with E-state index < -0.39 is 6.04 Å². The summed E-state index contributed by atoms with van der Waals surface area (Å²) in [6.07, 6.45) is 0.558. The highest BCUT2D eigenvalue weighted by Crippen LogP contribution is 2.21. The van der Waals surface area contributed by atoms with Gasteiger partial charge >= 0.3 is 0 Å². The number of nitrogens with zero attached hydrogens (tertiary/aromatic N) is 1. The van der Waals surface area contributed by atoms with Gasteiger partial charge in [-0.15, -0.1) is 11.8 Å². The van der Waals surface area contributed by atoms with Gasteiger partial charge in [-0.05, 0) is 50.1 Å². The summed E-state index contributed by atoms with van der Waals surface area (Å²) in [7, 11) is 1.62. The molecule has 1 N–H and O–H groups in total. The summed E-state index contributed by atoms with van der Waals surface area (Å²) in [5, 5.41) is 2.86. The molecule has 5 nitrogen and oxygen atoms in total. The van der Waals surface area contributed by atoms with E-state index >= 15 is 0 Å². The molecule has 0 spiro atoms. The molecule has 2 aromatic rings. The van der Waals surface area contributed by atoms with E-state index in [9.17, 15) is 9.59 Å². The van der Waals surface area contributed by atoms with Crippen molar-refractivity contribution in [3.63, 3.8) is 0 Å². The lowest BCUT2D eigenvalue weighted by Gasteiger charge is -2.30. The first-order valence-corrected chi connectivity index (χ1v) is 10.9. The molecule has 0 aliphatic heterocycles. The maximum absolute atomic E-state index is 13.1. The lowest BCUT2D eigenvalue weighted by molar-refractivity contribution is -0.139. The topological polar surface area (TPSA) is 58.6 Å². The number of hydrogen-bond donors (Lipinski definition) is 1. The van der Waals surface area contributed by atoms with Gasteiger partial charge in [0, 0.05) is 18.0 Å². The van der Waals surface area contributed by atoms with Crippen LogP contribution in [0.25, 0.3) is 0 Å². The first-order chi connectivity index (χ1) is 14.0. The summed E-state index contributed by atoms with van der Waals surface area (Å²) < 4.78 is 5.21. The van der Waals surface area contributed by atoms with Crippen molar-refractivity contribution in [2.24, 2.45) is 0 Å². The summed E-state index contributed by atoms with van der Waals surface area (Å²) in [5.41, 5.74) is 2.14. The lowest BCUT2D eigenvalue weighted by Crippen LogP contribution is -2.49. The van der Waals surface area contributed by atoms with Crippen molar-refractivity contribution in [2.75, 3.05) is 19.4 Å². The average Bonchev–Trinajstić information content (AvgIpc) is 2.73. The number of ether oxygens (including phenoxy) is 1. The van der Waals surface area contributed by atoms with E-state index in [1.807, 2.05) is 69.3 Å². The Kier molecular flexibility index (Phi) is 9.06. The van der Waals surface area contributed by atoms with Crippen molar-refractivity contribution >= 4 is 23.6 Å². The number of benzene rings is 2. The highest BCUT2D eigenvalue weighted by atomic mass is 32.2. The molecule has 0 unspecified atom stereocenters. The van der Waals surface area contributed by atoms with Crippen LogP contribution in [0.4, 0.5) is 0 Å². The van der Waals surface area contributed by atoms with Crippen molar-refractivity contribution in [3.05, 3.63) is 59.7 Å². The molecule has 29 heavy (non-hydrogen) atoms. The first-order valence-electron chi connectivity index (χ1n) is 9.88. The van der Waals surface area contributed by atoms with Crippen molar-refractivity contribution in [1.82, 2.24) is 10.2 Å². The highest BCUT2D eigenvalue weighted by Gasteiger charge is 2.28. The zero-order valence-corrected chi connectivity index (χ0v) is 18.4. The SMILES string of the molecule is CCNC(=O)[C@@H](CC)N(Cc1ccc(OC)cc1)C(=O)CSc1ccc(C)cc1. The molecular weight excluding hydrogens is 384 g/mol. The lowest BCUT2D eigenvalue weighted by atomic mass is 10.1. The zero-order chi connectivity index (χ0) is 21.2. The number of hydrogen-bond acceptors (Lipinski definition) is 4. The van der Waals surface area contributed by atoms with Crippen LogP contribution in [0.5, 0.6) is 5.75 Å². The fourth-order valence-electron chi connectivity index (χ4n) is 3.00. The Morgan fingerprint density at radius 2 is 1.72 bits per heavy atom. The van der Waals surface area contributed by atoms with Crippen LogP contribution < -0.4 is 10.1 Å². The Morgan fingerprint density at radius 3 is 2.28 bits per heavy atom. The van der Waals surface area contributed by atoms with Crippen molar-refractivity contribution in [3.8, 4) is 5.75 Å². The summed E-state index contributed by atoms with van der Waals surface area (Å²) >= 11 is 1.49. The second-order valence-corrected chi connectivity index (χ2v) is 7.84. The number of amides is 2. The molecular formula is C23H30N2O3S. The van der Waals surface area contributed by atoms with Crippen molar-refractivity contribution < 1.29 is 14.3 Å². The predicted octanol–water partition coefficient (Wildman–Crippen LogP) is 4.04. The molecule has 156 valence electrons. The summed E-state index contributed by atoms with van der Waals surface area (Å²) in [4.78, 5) is 28.4. The molecule has 0 radical (unpaired) electrons. The van der Waals surface area contributed by atoms with Gasteiger partial charge in [0.15, 0.2) is 0 Å². The number of methoxy groups -OCH3 is 1. The number of rotatable bonds is 10. The van der Waals surface area contributed by atoms with Crippen LogP contribution in [0.15, 0.2) is 53.4 Å². The van der Waals surface area contributed by atoms with Crippen LogP contribution in [0.2, 0.25) is 0 Å². The number of thioether (sulfide) groups is 1. The zero-order valence-electron chi connectivity index (χ0n) is 17.6. The minimum Gasteiger partial charge on any atom is -0.497 e. The Balaban J connectivity index is 2.17. The second kappa shape index (κ2) is 11.5. The van der Waals surface area contributed by atoms with Gasteiger partial charge in [0.2, 0.25) is 11.8 Å². The molecule has 0 saturated heterocycles. The molecule has 0 aromatic heterocycles. The van der Waals surface area contributed by atoms with Crippen LogP contribution in [-0.2, 0) is 16.1 Å². The fourth-order valence-corrected chi connectivity index (χ4v) is 3.79. The van der Waals surface area contributed by atoms with E-state index in [1.54, 1.807) is 12.0 Å². The largest absolute Gasteiger partial charge is 0.497 e. The maximum Gasteiger partial charge on any atom is 0.242 e. The summed E-state index contributed by atoms with van der Waals surface area (Å²) in [6.45, 7) is 6.77. The van der Waals surface area contributed by atoms with E-state index in [2.05, 4.69) is 5.32 Å². The number of nitrogens with one attached hydrogen (secondary N) is 1. The third-order valence-electron chi connectivity index (χ3n) is 4.63. The van der Waals surface area contributed by atoms with E-state index in [4.69, 9.17) is 4.74 Å². The van der Waals surface area contributed by atoms with E-state index in [0.29, 0.717) is 19.5 Å². The average molecular weight is 415 g/mol. The standard InChI is InChI=1S/C23H30N2O3S/c1-5-21(23(27)24-6-2)25(15-18-9-11-19(28-4)12-10-18)22(26)16-29-20-13-7-17(3)8-14-20/h7-14,21H,5-6,15-16H2,1-4H3,(H,24,27)/t21-/m1/s1. The van der Waals surface area contributed by atoms with Crippen molar-refractivity contribution in [1.29, 1.82) is 0 Å². The number of carbonyl (C=O) groups excluding carboxylic acids is 2. The van der Waals surface area contributed by atoms with Gasteiger partial charge in [-0.3, -0.25) is 9.59 Å². The van der Waals surface area contributed by atoms with Gasteiger partial charge in [-0.1, -0.05) is 36.8 Å². The van der Waals surface area contributed by atoms with Gasteiger partial charge in [-0.2, -0.15) is 0 Å². The molecule has 0 saturated carbocycles. The normalized spacial score (nSPS) is 11.6. The minimum atomic E-state index is -0.497. The molecule has 0 aliphatic carbocycles. The third-order valence-corrected chi connectivity index (χ3v) is 5.63. The van der Waals surface area contributed by atoms with Gasteiger partial charge in [-0.25, -0.2) is 0 Å². The Bertz CT molecular complexity index is 791. The number of aryl methyl sites for hydroxylation is 1. The monoisotopic (exact) mass is 414 g/mol. The molecule has 0 bridgehead atoms. The van der Waals surface area contributed by atoms with E-state index in [-0.39, 0.29) is 17.6 Å².